The number of rotatable bonds is 4. The molecule has 1 fully saturated rings. The van der Waals surface area contributed by atoms with E-state index >= 15 is 0 Å². The summed E-state index contributed by atoms with van der Waals surface area (Å²) in [6.45, 7) is 1.71. The van der Waals surface area contributed by atoms with Gasteiger partial charge in [0.05, 0.1) is 17.9 Å². The van der Waals surface area contributed by atoms with Crippen LogP contribution in [0.25, 0.3) is 0 Å². The van der Waals surface area contributed by atoms with E-state index in [1.165, 1.54) is 0 Å². The number of carbonyl (C=O) groups excluding carboxylic acids is 2. The number of nitrogens with zero attached hydrogens (tertiary/aromatic N) is 1. The van der Waals surface area contributed by atoms with Gasteiger partial charge in [0.25, 0.3) is 5.91 Å². The highest BCUT2D eigenvalue weighted by molar-refractivity contribution is 6.31. The number of ether oxygens (including phenoxy) is 1. The van der Waals surface area contributed by atoms with Crippen molar-refractivity contribution >= 4 is 29.1 Å². The number of benzene rings is 2. The molecule has 2 aliphatic heterocycles. The van der Waals surface area contributed by atoms with Gasteiger partial charge >= 0.3 is 0 Å². The molecule has 0 aliphatic carbocycles. The topological polar surface area (TPSA) is 58.6 Å². The van der Waals surface area contributed by atoms with E-state index in [0.29, 0.717) is 42.4 Å². The fourth-order valence-corrected chi connectivity index (χ4v) is 3.84. The number of halogens is 1. The number of hydrogen-bond donors (Lipinski definition) is 1. The zero-order chi connectivity index (χ0) is 18.8. The first-order valence-corrected chi connectivity index (χ1v) is 9.58. The van der Waals surface area contributed by atoms with Crippen LogP contribution in [0.15, 0.2) is 42.5 Å². The highest BCUT2D eigenvalue weighted by atomic mass is 35.5. The summed E-state index contributed by atoms with van der Waals surface area (Å²) in [5.41, 5.74) is 2.23. The number of para-hydroxylation sites is 1. The Morgan fingerprint density at radius 1 is 1.26 bits per heavy atom. The highest BCUT2D eigenvalue weighted by Crippen LogP contribution is 2.29. The summed E-state index contributed by atoms with van der Waals surface area (Å²) < 4.78 is 5.79. The molecule has 0 radical (unpaired) electrons. The zero-order valence-corrected chi connectivity index (χ0v) is 15.7. The van der Waals surface area contributed by atoms with Crippen molar-refractivity contribution in [3.8, 4) is 5.75 Å². The van der Waals surface area contributed by atoms with Crippen LogP contribution in [0.5, 0.6) is 5.75 Å². The Morgan fingerprint density at radius 3 is 2.93 bits per heavy atom. The van der Waals surface area contributed by atoms with Crippen molar-refractivity contribution < 1.29 is 14.3 Å². The zero-order valence-electron chi connectivity index (χ0n) is 14.9. The number of amides is 2. The van der Waals surface area contributed by atoms with Crippen molar-refractivity contribution in [2.24, 2.45) is 5.92 Å². The van der Waals surface area contributed by atoms with Crippen molar-refractivity contribution in [3.05, 3.63) is 58.6 Å². The molecule has 0 saturated carbocycles. The Morgan fingerprint density at radius 2 is 2.11 bits per heavy atom. The molecular weight excluding hydrogens is 364 g/mol. The predicted octanol–water partition coefficient (Wildman–Crippen LogP) is 3.45. The molecule has 2 aromatic rings. The van der Waals surface area contributed by atoms with Gasteiger partial charge in [-0.05, 0) is 42.7 Å². The standard InChI is InChI=1S/C21H21ClN2O3/c22-16-7-8-17(18(11-16)24-9-3-6-20(24)25)21(26)23-12-14-10-15-4-1-2-5-19(15)27-13-14/h1-2,4-5,7-8,11,14H,3,6,9-10,12-13H2,(H,23,26). The van der Waals surface area contributed by atoms with Crippen molar-refractivity contribution in [2.45, 2.75) is 19.3 Å². The van der Waals surface area contributed by atoms with Crippen molar-refractivity contribution in [2.75, 3.05) is 24.6 Å². The van der Waals surface area contributed by atoms with Gasteiger partial charge in [0.2, 0.25) is 5.91 Å². The maximum absolute atomic E-state index is 12.8. The van der Waals surface area contributed by atoms with Gasteiger partial charge in [-0.25, -0.2) is 0 Å². The van der Waals surface area contributed by atoms with Crippen LogP contribution in [0.2, 0.25) is 5.02 Å². The maximum Gasteiger partial charge on any atom is 0.253 e. The van der Waals surface area contributed by atoms with Crippen LogP contribution in [0.3, 0.4) is 0 Å². The smallest absolute Gasteiger partial charge is 0.253 e. The van der Waals surface area contributed by atoms with Gasteiger partial charge in [-0.15, -0.1) is 0 Å². The van der Waals surface area contributed by atoms with Gasteiger partial charge in [-0.1, -0.05) is 29.8 Å². The Kier molecular flexibility index (Phi) is 5.03. The lowest BCUT2D eigenvalue weighted by atomic mass is 9.96. The van der Waals surface area contributed by atoms with Crippen molar-refractivity contribution in [1.29, 1.82) is 0 Å². The second kappa shape index (κ2) is 7.61. The summed E-state index contributed by atoms with van der Waals surface area (Å²) in [6, 6.07) is 13.0. The fraction of sp³-hybridized carbons (Fsp3) is 0.333. The second-order valence-corrected chi connectivity index (χ2v) is 7.45. The summed E-state index contributed by atoms with van der Waals surface area (Å²) in [4.78, 5) is 26.6. The Bertz CT molecular complexity index is 883. The van der Waals surface area contributed by atoms with E-state index in [2.05, 4.69) is 11.4 Å². The van der Waals surface area contributed by atoms with Crippen LogP contribution in [0.1, 0.15) is 28.8 Å². The molecule has 140 valence electrons. The van der Waals surface area contributed by atoms with Crippen LogP contribution in [0, 0.1) is 5.92 Å². The van der Waals surface area contributed by atoms with Gasteiger partial charge in [-0.3, -0.25) is 9.59 Å². The average molecular weight is 385 g/mol. The van der Waals surface area contributed by atoms with Crippen LogP contribution < -0.4 is 15.0 Å². The van der Waals surface area contributed by atoms with Gasteiger partial charge < -0.3 is 15.0 Å². The molecule has 4 rings (SSSR count). The normalized spacial score (nSPS) is 18.8. The molecule has 2 aromatic carbocycles. The SMILES string of the molecule is O=C(NCC1COc2ccccc2C1)c1ccc(Cl)cc1N1CCCC1=O. The summed E-state index contributed by atoms with van der Waals surface area (Å²) in [5, 5.41) is 3.51. The van der Waals surface area contributed by atoms with Gasteiger partial charge in [0.1, 0.15) is 5.75 Å². The van der Waals surface area contributed by atoms with E-state index in [1.54, 1.807) is 23.1 Å². The van der Waals surface area contributed by atoms with E-state index in [-0.39, 0.29) is 17.7 Å². The first kappa shape index (κ1) is 17.9. The third-order valence-electron chi connectivity index (χ3n) is 5.08. The largest absolute Gasteiger partial charge is 0.493 e. The maximum atomic E-state index is 12.8. The van der Waals surface area contributed by atoms with E-state index in [0.717, 1.165) is 24.2 Å². The molecule has 2 aliphatic rings. The molecule has 0 aromatic heterocycles. The summed E-state index contributed by atoms with van der Waals surface area (Å²) in [5.74, 6) is 0.976. The van der Waals surface area contributed by atoms with Gasteiger partial charge in [0.15, 0.2) is 0 Å². The quantitative estimate of drug-likeness (QED) is 0.878. The third-order valence-corrected chi connectivity index (χ3v) is 5.31. The summed E-state index contributed by atoms with van der Waals surface area (Å²) in [7, 11) is 0. The minimum absolute atomic E-state index is 0.0311. The predicted molar refractivity (Wildman–Crippen MR) is 105 cm³/mol. The van der Waals surface area contributed by atoms with Crippen LogP contribution in [-0.2, 0) is 11.2 Å². The monoisotopic (exact) mass is 384 g/mol. The molecule has 2 amide bonds. The van der Waals surface area contributed by atoms with E-state index in [1.807, 2.05) is 18.2 Å². The molecule has 0 spiro atoms. The molecule has 1 atom stereocenters. The lowest BCUT2D eigenvalue weighted by Gasteiger charge is -2.26. The minimum Gasteiger partial charge on any atom is -0.493 e. The third kappa shape index (κ3) is 3.78. The van der Waals surface area contributed by atoms with Crippen LogP contribution in [0.4, 0.5) is 5.69 Å². The highest BCUT2D eigenvalue weighted by Gasteiger charge is 2.27. The van der Waals surface area contributed by atoms with Gasteiger partial charge in [-0.2, -0.15) is 0 Å². The van der Waals surface area contributed by atoms with Crippen molar-refractivity contribution in [1.82, 2.24) is 5.32 Å². The first-order valence-electron chi connectivity index (χ1n) is 9.20. The van der Waals surface area contributed by atoms with Gasteiger partial charge in [0, 0.05) is 30.5 Å². The number of hydrogen-bond acceptors (Lipinski definition) is 3. The van der Waals surface area contributed by atoms with E-state index in [9.17, 15) is 9.59 Å². The van der Waals surface area contributed by atoms with Crippen molar-refractivity contribution in [3.63, 3.8) is 0 Å². The van der Waals surface area contributed by atoms with E-state index < -0.39 is 0 Å². The molecule has 1 saturated heterocycles. The molecule has 2 heterocycles. The van der Waals surface area contributed by atoms with Crippen LogP contribution in [-0.4, -0.2) is 31.5 Å². The number of carbonyl (C=O) groups is 2. The average Bonchev–Trinajstić information content (AvgIpc) is 3.11. The Labute approximate surface area is 163 Å². The fourth-order valence-electron chi connectivity index (χ4n) is 3.68. The number of anilines is 1. The summed E-state index contributed by atoms with van der Waals surface area (Å²) >= 11 is 6.11. The molecule has 1 unspecified atom stereocenters. The van der Waals surface area contributed by atoms with Crippen LogP contribution >= 0.6 is 11.6 Å². The minimum atomic E-state index is -0.194. The molecule has 0 bridgehead atoms. The molecular formula is C21H21ClN2O3. The Balaban J connectivity index is 1.45. The first-order chi connectivity index (χ1) is 13.1. The lowest BCUT2D eigenvalue weighted by Crippen LogP contribution is -2.36. The number of nitrogens with one attached hydrogen (secondary N) is 1. The molecule has 27 heavy (non-hydrogen) atoms. The second-order valence-electron chi connectivity index (χ2n) is 7.01. The van der Waals surface area contributed by atoms with E-state index in [4.69, 9.17) is 16.3 Å². The molecule has 5 nitrogen and oxygen atoms in total. The number of fused-ring (bicyclic) bond motifs is 1. The summed E-state index contributed by atoms with van der Waals surface area (Å²) in [6.07, 6.45) is 2.17. The Hall–Kier alpha value is -2.53. The molecule has 6 heteroatoms. The lowest BCUT2D eigenvalue weighted by molar-refractivity contribution is -0.117. The molecule has 1 N–H and O–H groups in total.